The van der Waals surface area contributed by atoms with Crippen molar-refractivity contribution in [3.63, 3.8) is 0 Å². The van der Waals surface area contributed by atoms with Gasteiger partial charge in [-0.3, -0.25) is 9.59 Å². The van der Waals surface area contributed by atoms with Crippen LogP contribution in [0.1, 0.15) is 37.8 Å². The zero-order valence-electron chi connectivity index (χ0n) is 14.8. The second kappa shape index (κ2) is 9.58. The molecule has 2 rings (SSSR count). The molecule has 2 aromatic carbocycles. The zero-order valence-corrected chi connectivity index (χ0v) is 14.8. The Morgan fingerprint density at radius 3 is 1.92 bits per heavy atom. The van der Waals surface area contributed by atoms with Crippen LogP contribution in [0.15, 0.2) is 66.7 Å². The van der Waals surface area contributed by atoms with Crippen molar-refractivity contribution in [1.29, 1.82) is 0 Å². The van der Waals surface area contributed by atoms with Gasteiger partial charge in [0.25, 0.3) is 0 Å². The van der Waals surface area contributed by atoms with Gasteiger partial charge in [0.15, 0.2) is 0 Å². The Bertz CT molecular complexity index is 676. The fourth-order valence-electron chi connectivity index (χ4n) is 2.76. The van der Waals surface area contributed by atoms with E-state index in [-0.39, 0.29) is 12.4 Å². The number of hydrogen-bond donors (Lipinski definition) is 0. The summed E-state index contributed by atoms with van der Waals surface area (Å²) in [4.78, 5) is 23.7. The maximum Gasteiger partial charge on any atom is 0.316 e. The van der Waals surface area contributed by atoms with Crippen LogP contribution in [0.3, 0.4) is 0 Å². The summed E-state index contributed by atoms with van der Waals surface area (Å²) in [5.74, 6) is -1.26. The van der Waals surface area contributed by atoms with Crippen LogP contribution < -0.4 is 0 Å². The van der Waals surface area contributed by atoms with Gasteiger partial charge in [0.1, 0.15) is 11.7 Å². The van der Waals surface area contributed by atoms with Gasteiger partial charge in [-0.1, -0.05) is 66.7 Å². The third kappa shape index (κ3) is 5.42. The SMILES string of the molecule is CCOC(=O)C(CCC=C(c1ccccc1)c1ccccc1)C(C)=O. The lowest BCUT2D eigenvalue weighted by molar-refractivity contribution is -0.151. The molecule has 0 heterocycles. The van der Waals surface area contributed by atoms with Gasteiger partial charge >= 0.3 is 5.97 Å². The van der Waals surface area contributed by atoms with E-state index in [0.29, 0.717) is 12.8 Å². The molecule has 0 bridgehead atoms. The van der Waals surface area contributed by atoms with Crippen molar-refractivity contribution in [2.75, 3.05) is 6.61 Å². The molecule has 1 atom stereocenters. The van der Waals surface area contributed by atoms with E-state index in [4.69, 9.17) is 4.74 Å². The Morgan fingerprint density at radius 2 is 1.48 bits per heavy atom. The van der Waals surface area contributed by atoms with Gasteiger partial charge < -0.3 is 4.74 Å². The van der Waals surface area contributed by atoms with Crippen LogP contribution in [0, 0.1) is 5.92 Å². The molecule has 0 saturated heterocycles. The first-order valence-corrected chi connectivity index (χ1v) is 8.61. The van der Waals surface area contributed by atoms with Gasteiger partial charge in [0, 0.05) is 0 Å². The van der Waals surface area contributed by atoms with Crippen molar-refractivity contribution in [1.82, 2.24) is 0 Å². The average molecular weight is 336 g/mol. The van der Waals surface area contributed by atoms with Crippen LogP contribution in [-0.4, -0.2) is 18.4 Å². The van der Waals surface area contributed by atoms with Crippen LogP contribution in [-0.2, 0) is 14.3 Å². The predicted octanol–water partition coefficient (Wildman–Crippen LogP) is 4.67. The topological polar surface area (TPSA) is 43.4 Å². The molecule has 2 aromatic rings. The smallest absolute Gasteiger partial charge is 0.316 e. The number of hydrogen-bond acceptors (Lipinski definition) is 3. The van der Waals surface area contributed by atoms with Crippen LogP contribution in [0.5, 0.6) is 0 Å². The minimum Gasteiger partial charge on any atom is -0.465 e. The second-order valence-corrected chi connectivity index (χ2v) is 5.84. The first kappa shape index (κ1) is 18.7. The maximum atomic E-state index is 11.9. The molecule has 0 aliphatic carbocycles. The molecule has 0 fully saturated rings. The van der Waals surface area contributed by atoms with E-state index in [9.17, 15) is 9.59 Å². The van der Waals surface area contributed by atoms with E-state index in [1.165, 1.54) is 6.92 Å². The van der Waals surface area contributed by atoms with Crippen LogP contribution in [0.4, 0.5) is 0 Å². The summed E-state index contributed by atoms with van der Waals surface area (Å²) in [7, 11) is 0. The van der Waals surface area contributed by atoms with E-state index in [2.05, 4.69) is 30.3 Å². The van der Waals surface area contributed by atoms with Crippen LogP contribution in [0.25, 0.3) is 5.57 Å². The van der Waals surface area contributed by atoms with Crippen molar-refractivity contribution in [3.05, 3.63) is 77.9 Å². The fourth-order valence-corrected chi connectivity index (χ4v) is 2.76. The van der Waals surface area contributed by atoms with E-state index in [1.807, 2.05) is 36.4 Å². The monoisotopic (exact) mass is 336 g/mol. The number of ether oxygens (including phenoxy) is 1. The maximum absolute atomic E-state index is 11.9. The molecule has 0 saturated carbocycles. The van der Waals surface area contributed by atoms with Crippen LogP contribution >= 0.6 is 0 Å². The Kier molecular flexibility index (Phi) is 7.15. The normalized spacial score (nSPS) is 11.4. The third-order valence-electron chi connectivity index (χ3n) is 4.04. The molecule has 25 heavy (non-hydrogen) atoms. The van der Waals surface area contributed by atoms with Gasteiger partial charge in [0.2, 0.25) is 0 Å². The largest absolute Gasteiger partial charge is 0.465 e. The Hall–Kier alpha value is -2.68. The quantitative estimate of drug-likeness (QED) is 0.520. The molecule has 0 radical (unpaired) electrons. The summed E-state index contributed by atoms with van der Waals surface area (Å²) >= 11 is 0. The predicted molar refractivity (Wildman–Crippen MR) is 100 cm³/mol. The van der Waals surface area contributed by atoms with Crippen molar-refractivity contribution >= 4 is 17.3 Å². The summed E-state index contributed by atoms with van der Waals surface area (Å²) in [5, 5.41) is 0. The molecule has 1 unspecified atom stereocenters. The molecule has 0 N–H and O–H groups in total. The summed E-state index contributed by atoms with van der Waals surface area (Å²) in [6.07, 6.45) is 3.18. The van der Waals surface area contributed by atoms with E-state index >= 15 is 0 Å². The van der Waals surface area contributed by atoms with Crippen molar-refractivity contribution in [3.8, 4) is 0 Å². The minimum absolute atomic E-state index is 0.146. The Morgan fingerprint density at radius 1 is 0.960 bits per heavy atom. The molecule has 0 aromatic heterocycles. The number of Topliss-reactive ketones (excluding diaryl/α,β-unsaturated/α-hetero) is 1. The molecule has 0 amide bonds. The number of carbonyl (C=O) groups is 2. The summed E-state index contributed by atoms with van der Waals surface area (Å²) in [6.45, 7) is 3.48. The van der Waals surface area contributed by atoms with Crippen molar-refractivity contribution in [2.24, 2.45) is 5.92 Å². The first-order valence-electron chi connectivity index (χ1n) is 8.61. The second-order valence-electron chi connectivity index (χ2n) is 5.84. The van der Waals surface area contributed by atoms with Gasteiger partial charge in [-0.15, -0.1) is 0 Å². The molecule has 0 aliphatic rings. The highest BCUT2D eigenvalue weighted by atomic mass is 16.5. The number of rotatable bonds is 8. The first-order chi connectivity index (χ1) is 12.1. The highest BCUT2D eigenvalue weighted by molar-refractivity contribution is 5.97. The lowest BCUT2D eigenvalue weighted by atomic mass is 9.94. The summed E-state index contributed by atoms with van der Waals surface area (Å²) in [5.41, 5.74) is 3.33. The van der Waals surface area contributed by atoms with Crippen molar-refractivity contribution < 1.29 is 14.3 Å². The molecule has 0 aliphatic heterocycles. The fraction of sp³-hybridized carbons (Fsp3) is 0.273. The highest BCUT2D eigenvalue weighted by Gasteiger charge is 2.23. The molecule has 0 spiro atoms. The van der Waals surface area contributed by atoms with Gasteiger partial charge in [-0.25, -0.2) is 0 Å². The Labute approximate surface area is 149 Å². The lowest BCUT2D eigenvalue weighted by Gasteiger charge is -2.12. The molecule has 130 valence electrons. The summed E-state index contributed by atoms with van der Waals surface area (Å²) in [6, 6.07) is 20.2. The Balaban J connectivity index is 2.20. The average Bonchev–Trinajstić information content (AvgIpc) is 2.63. The number of carbonyl (C=O) groups excluding carboxylic acids is 2. The molecule has 3 nitrogen and oxygen atoms in total. The van der Waals surface area contributed by atoms with Gasteiger partial charge in [0.05, 0.1) is 6.61 Å². The highest BCUT2D eigenvalue weighted by Crippen LogP contribution is 2.25. The van der Waals surface area contributed by atoms with Crippen molar-refractivity contribution in [2.45, 2.75) is 26.7 Å². The standard InChI is InChI=1S/C22H24O3/c1-3-25-22(24)20(17(2)23)15-10-16-21(18-11-6-4-7-12-18)19-13-8-5-9-14-19/h4-9,11-14,16,20H,3,10,15H2,1-2H3. The van der Waals surface area contributed by atoms with E-state index in [0.717, 1.165) is 16.7 Å². The van der Waals surface area contributed by atoms with E-state index < -0.39 is 11.9 Å². The number of esters is 1. The summed E-state index contributed by atoms with van der Waals surface area (Å²) < 4.78 is 5.01. The molecule has 3 heteroatoms. The van der Waals surface area contributed by atoms with Gasteiger partial charge in [-0.2, -0.15) is 0 Å². The molecular formula is C22H24O3. The number of benzene rings is 2. The lowest BCUT2D eigenvalue weighted by Crippen LogP contribution is -2.24. The zero-order chi connectivity index (χ0) is 18.1. The van der Waals surface area contributed by atoms with Gasteiger partial charge in [-0.05, 0) is 43.4 Å². The third-order valence-corrected chi connectivity index (χ3v) is 4.04. The number of allylic oxidation sites excluding steroid dienone is 1. The number of ketones is 1. The molecular weight excluding hydrogens is 312 g/mol. The van der Waals surface area contributed by atoms with E-state index in [1.54, 1.807) is 6.92 Å². The van der Waals surface area contributed by atoms with Crippen LogP contribution in [0.2, 0.25) is 0 Å². The minimum atomic E-state index is -0.691.